The summed E-state index contributed by atoms with van der Waals surface area (Å²) >= 11 is 0. The molecule has 8 nitrogen and oxygen atoms in total. The molecule has 0 radical (unpaired) electrons. The van der Waals surface area contributed by atoms with Crippen LogP contribution in [0.4, 0.5) is 5.69 Å². The van der Waals surface area contributed by atoms with Gasteiger partial charge in [0.15, 0.2) is 0 Å². The number of hydrogen-bond acceptors (Lipinski definition) is 5. The molecule has 0 fully saturated rings. The van der Waals surface area contributed by atoms with Crippen molar-refractivity contribution in [3.05, 3.63) is 59.2 Å². The minimum Gasteiger partial charge on any atom is -0.495 e. The van der Waals surface area contributed by atoms with Gasteiger partial charge in [-0.25, -0.2) is 8.42 Å². The minimum absolute atomic E-state index is 0.182. The number of nitrogens with one attached hydrogen (secondary N) is 1. The van der Waals surface area contributed by atoms with E-state index in [0.717, 1.165) is 27.3 Å². The Labute approximate surface area is 215 Å². The van der Waals surface area contributed by atoms with Crippen LogP contribution in [-0.4, -0.2) is 57.6 Å². The van der Waals surface area contributed by atoms with Gasteiger partial charge < -0.3 is 15.0 Å². The van der Waals surface area contributed by atoms with Crippen LogP contribution in [-0.2, 0) is 26.2 Å². The summed E-state index contributed by atoms with van der Waals surface area (Å²) in [6.07, 6.45) is 1.44. The molecule has 1 atom stereocenters. The summed E-state index contributed by atoms with van der Waals surface area (Å²) in [5.74, 6) is -0.140. The second kappa shape index (κ2) is 12.8. The van der Waals surface area contributed by atoms with Gasteiger partial charge in [0, 0.05) is 13.1 Å². The van der Waals surface area contributed by atoms with Gasteiger partial charge in [0.25, 0.3) is 0 Å². The summed E-state index contributed by atoms with van der Waals surface area (Å²) in [6, 6.07) is 12.0. The molecule has 0 aromatic heterocycles. The van der Waals surface area contributed by atoms with E-state index in [0.29, 0.717) is 18.7 Å². The van der Waals surface area contributed by atoms with Crippen LogP contribution in [0.1, 0.15) is 43.9 Å². The number of carbonyl (C=O) groups is 2. The van der Waals surface area contributed by atoms with Crippen molar-refractivity contribution >= 4 is 27.5 Å². The Hall–Kier alpha value is -3.07. The average Bonchev–Trinajstić information content (AvgIpc) is 2.81. The van der Waals surface area contributed by atoms with Crippen molar-refractivity contribution in [2.45, 2.75) is 53.6 Å². The number of aryl methyl sites for hydroxylation is 2. The van der Waals surface area contributed by atoms with E-state index in [1.807, 2.05) is 58.9 Å². The number of hydrogen-bond donors (Lipinski definition) is 1. The van der Waals surface area contributed by atoms with Crippen LogP contribution in [0.15, 0.2) is 42.5 Å². The molecule has 9 heteroatoms. The largest absolute Gasteiger partial charge is 0.495 e. The number of rotatable bonds is 12. The van der Waals surface area contributed by atoms with E-state index in [9.17, 15) is 18.0 Å². The van der Waals surface area contributed by atoms with Gasteiger partial charge in [0.2, 0.25) is 21.8 Å². The molecule has 198 valence electrons. The Bertz CT molecular complexity index is 1160. The molecule has 2 amide bonds. The predicted molar refractivity (Wildman–Crippen MR) is 144 cm³/mol. The van der Waals surface area contributed by atoms with Crippen LogP contribution >= 0.6 is 0 Å². The van der Waals surface area contributed by atoms with E-state index in [-0.39, 0.29) is 24.1 Å². The lowest BCUT2D eigenvalue weighted by molar-refractivity contribution is -0.140. The number of benzene rings is 2. The maximum atomic E-state index is 13.8. The zero-order valence-corrected chi connectivity index (χ0v) is 23.2. The highest BCUT2D eigenvalue weighted by atomic mass is 32.2. The number of sulfonamides is 1. The quantitative estimate of drug-likeness (QED) is 0.464. The molecule has 0 saturated carbocycles. The van der Waals surface area contributed by atoms with Crippen molar-refractivity contribution in [2.24, 2.45) is 5.92 Å². The minimum atomic E-state index is -3.85. The lowest BCUT2D eigenvalue weighted by Crippen LogP contribution is -2.52. The Morgan fingerprint density at radius 1 is 1.08 bits per heavy atom. The molecule has 0 heterocycles. The molecule has 2 aromatic rings. The normalized spacial score (nSPS) is 12.2. The number of anilines is 1. The van der Waals surface area contributed by atoms with E-state index >= 15 is 0 Å². The topological polar surface area (TPSA) is 96.0 Å². The maximum Gasteiger partial charge on any atom is 0.244 e. The fourth-order valence-electron chi connectivity index (χ4n) is 3.90. The van der Waals surface area contributed by atoms with Crippen molar-refractivity contribution in [1.82, 2.24) is 10.2 Å². The van der Waals surface area contributed by atoms with E-state index < -0.39 is 28.5 Å². The molecule has 0 aliphatic rings. The molecular formula is C27H39N3O5S. The van der Waals surface area contributed by atoms with Gasteiger partial charge in [0.1, 0.15) is 18.3 Å². The fourth-order valence-corrected chi connectivity index (χ4v) is 4.75. The van der Waals surface area contributed by atoms with Gasteiger partial charge in [-0.05, 0) is 55.0 Å². The first kappa shape index (κ1) is 29.2. The fraction of sp³-hybridized carbons (Fsp3) is 0.481. The number of nitrogens with zero attached hydrogens (tertiary/aromatic N) is 2. The highest BCUT2D eigenvalue weighted by Gasteiger charge is 2.32. The smallest absolute Gasteiger partial charge is 0.244 e. The van der Waals surface area contributed by atoms with Crippen molar-refractivity contribution < 1.29 is 22.7 Å². The first-order chi connectivity index (χ1) is 16.9. The summed E-state index contributed by atoms with van der Waals surface area (Å²) in [6.45, 7) is 9.82. The third kappa shape index (κ3) is 7.71. The zero-order chi connectivity index (χ0) is 27.0. The third-order valence-electron chi connectivity index (χ3n) is 5.95. The van der Waals surface area contributed by atoms with Crippen molar-refractivity contribution in [2.75, 3.05) is 30.8 Å². The van der Waals surface area contributed by atoms with Gasteiger partial charge >= 0.3 is 0 Å². The van der Waals surface area contributed by atoms with E-state index in [1.54, 1.807) is 18.2 Å². The van der Waals surface area contributed by atoms with Crippen molar-refractivity contribution in [1.29, 1.82) is 0 Å². The maximum absolute atomic E-state index is 13.8. The lowest BCUT2D eigenvalue weighted by Gasteiger charge is -2.33. The summed E-state index contributed by atoms with van der Waals surface area (Å²) in [7, 11) is -2.39. The number of ether oxygens (including phenoxy) is 1. The first-order valence-corrected chi connectivity index (χ1v) is 14.0. The number of methoxy groups -OCH3 is 1. The molecular weight excluding hydrogens is 478 g/mol. The van der Waals surface area contributed by atoms with E-state index in [2.05, 4.69) is 5.32 Å². The number of carbonyl (C=O) groups excluding carboxylic acids is 2. The lowest BCUT2D eigenvalue weighted by atomic mass is 10.1. The van der Waals surface area contributed by atoms with Crippen LogP contribution in [0.25, 0.3) is 0 Å². The van der Waals surface area contributed by atoms with Crippen LogP contribution in [0.2, 0.25) is 0 Å². The molecule has 1 N–H and O–H groups in total. The van der Waals surface area contributed by atoms with Crippen LogP contribution in [0, 0.1) is 19.8 Å². The summed E-state index contributed by atoms with van der Waals surface area (Å²) in [4.78, 5) is 28.4. The Balaban J connectivity index is 2.51. The van der Waals surface area contributed by atoms with Crippen molar-refractivity contribution in [3.8, 4) is 5.75 Å². The van der Waals surface area contributed by atoms with Gasteiger partial charge in [0.05, 0.1) is 19.1 Å². The SMILES string of the molecule is CCC(C(=O)NCC(C)C)N(Cc1ccccc1C)C(=O)CN(c1cc(C)ccc1OC)S(C)(=O)=O. The average molecular weight is 518 g/mol. The predicted octanol–water partition coefficient (Wildman–Crippen LogP) is 3.66. The summed E-state index contributed by atoms with van der Waals surface area (Å²) < 4.78 is 32.1. The van der Waals surface area contributed by atoms with Gasteiger partial charge in [-0.2, -0.15) is 0 Å². The van der Waals surface area contributed by atoms with Crippen LogP contribution in [0.3, 0.4) is 0 Å². The van der Waals surface area contributed by atoms with E-state index in [1.165, 1.54) is 12.0 Å². The second-order valence-corrected chi connectivity index (χ2v) is 11.4. The molecule has 0 aliphatic heterocycles. The standard InChI is InChI=1S/C27H39N3O5S/c1-8-23(27(32)28-16-19(2)3)29(17-22-12-10-9-11-21(22)5)26(31)18-30(36(7,33)34)24-15-20(4)13-14-25(24)35-6/h9-15,19,23H,8,16-18H2,1-7H3,(H,28,32). The molecule has 0 spiro atoms. The molecule has 36 heavy (non-hydrogen) atoms. The summed E-state index contributed by atoms with van der Waals surface area (Å²) in [5, 5.41) is 2.93. The molecule has 2 aromatic carbocycles. The third-order valence-corrected chi connectivity index (χ3v) is 7.08. The van der Waals surface area contributed by atoms with Gasteiger partial charge in [-0.1, -0.05) is 51.1 Å². The number of amides is 2. The van der Waals surface area contributed by atoms with Gasteiger partial charge in [-0.15, -0.1) is 0 Å². The van der Waals surface area contributed by atoms with E-state index in [4.69, 9.17) is 4.74 Å². The highest BCUT2D eigenvalue weighted by molar-refractivity contribution is 7.92. The zero-order valence-electron chi connectivity index (χ0n) is 22.4. The Kier molecular flexibility index (Phi) is 10.3. The van der Waals surface area contributed by atoms with Crippen LogP contribution < -0.4 is 14.4 Å². The molecule has 0 aliphatic carbocycles. The second-order valence-electron chi connectivity index (χ2n) is 9.46. The Morgan fingerprint density at radius 3 is 2.31 bits per heavy atom. The molecule has 0 bridgehead atoms. The summed E-state index contributed by atoms with van der Waals surface area (Å²) in [5.41, 5.74) is 2.97. The first-order valence-electron chi connectivity index (χ1n) is 12.1. The van der Waals surface area contributed by atoms with Crippen LogP contribution in [0.5, 0.6) is 5.75 Å². The molecule has 2 rings (SSSR count). The van der Waals surface area contributed by atoms with Gasteiger partial charge in [-0.3, -0.25) is 13.9 Å². The molecule has 1 unspecified atom stereocenters. The Morgan fingerprint density at radius 2 is 1.75 bits per heavy atom. The van der Waals surface area contributed by atoms with Crippen molar-refractivity contribution in [3.63, 3.8) is 0 Å². The highest BCUT2D eigenvalue weighted by Crippen LogP contribution is 2.31. The monoisotopic (exact) mass is 517 g/mol. The molecule has 0 saturated heterocycles.